The van der Waals surface area contributed by atoms with Crippen LogP contribution in [0.1, 0.15) is 24.0 Å². The minimum Gasteiger partial charge on any atom is -0.381 e. The fourth-order valence-corrected chi connectivity index (χ4v) is 2.71. The van der Waals surface area contributed by atoms with Crippen LogP contribution in [0.15, 0.2) is 5.38 Å². The minimum absolute atomic E-state index is 0.558. The third-order valence-corrected chi connectivity index (χ3v) is 4.01. The normalized spacial score (nSPS) is 22.5. The van der Waals surface area contributed by atoms with Crippen molar-refractivity contribution in [3.63, 3.8) is 0 Å². The molecule has 0 spiro atoms. The van der Waals surface area contributed by atoms with Gasteiger partial charge in [0, 0.05) is 31.0 Å². The van der Waals surface area contributed by atoms with Crippen LogP contribution >= 0.6 is 11.3 Å². The van der Waals surface area contributed by atoms with Gasteiger partial charge in [0.05, 0.1) is 17.3 Å². The molecule has 0 bridgehead atoms. The SMILES string of the molecule is Cc1nc(CCNC(C)C2CCOC2)cs1. The number of aryl methyl sites for hydroxylation is 1. The first-order valence-electron chi connectivity index (χ1n) is 5.98. The van der Waals surface area contributed by atoms with Crippen molar-refractivity contribution < 1.29 is 4.74 Å². The number of nitrogens with one attached hydrogen (secondary N) is 1. The molecule has 1 fully saturated rings. The van der Waals surface area contributed by atoms with Crippen LogP contribution in [0.3, 0.4) is 0 Å². The van der Waals surface area contributed by atoms with E-state index in [0.29, 0.717) is 12.0 Å². The Morgan fingerprint density at radius 3 is 3.19 bits per heavy atom. The third-order valence-electron chi connectivity index (χ3n) is 3.19. The first-order chi connectivity index (χ1) is 7.75. The van der Waals surface area contributed by atoms with Gasteiger partial charge in [-0.2, -0.15) is 0 Å². The summed E-state index contributed by atoms with van der Waals surface area (Å²) >= 11 is 1.73. The molecule has 2 unspecified atom stereocenters. The van der Waals surface area contributed by atoms with Crippen molar-refractivity contribution in [3.05, 3.63) is 16.1 Å². The zero-order chi connectivity index (χ0) is 11.4. The highest BCUT2D eigenvalue weighted by molar-refractivity contribution is 7.09. The zero-order valence-electron chi connectivity index (χ0n) is 10.0. The molecule has 0 aliphatic carbocycles. The van der Waals surface area contributed by atoms with Gasteiger partial charge in [-0.05, 0) is 26.2 Å². The molecule has 1 aliphatic rings. The topological polar surface area (TPSA) is 34.2 Å². The number of thiazole rings is 1. The van der Waals surface area contributed by atoms with Crippen LogP contribution in [0.4, 0.5) is 0 Å². The van der Waals surface area contributed by atoms with Crippen molar-refractivity contribution in [2.45, 2.75) is 32.7 Å². The summed E-state index contributed by atoms with van der Waals surface area (Å²) in [4.78, 5) is 4.46. The van der Waals surface area contributed by atoms with E-state index in [4.69, 9.17) is 4.74 Å². The smallest absolute Gasteiger partial charge is 0.0897 e. The fourth-order valence-electron chi connectivity index (χ4n) is 2.06. The van der Waals surface area contributed by atoms with E-state index < -0.39 is 0 Å². The molecular weight excluding hydrogens is 220 g/mol. The molecule has 2 heterocycles. The first-order valence-corrected chi connectivity index (χ1v) is 6.86. The van der Waals surface area contributed by atoms with Gasteiger partial charge in [0.25, 0.3) is 0 Å². The van der Waals surface area contributed by atoms with Crippen LogP contribution in [0.25, 0.3) is 0 Å². The summed E-state index contributed by atoms with van der Waals surface area (Å²) in [6, 6.07) is 0.558. The predicted molar refractivity (Wildman–Crippen MR) is 66.9 cm³/mol. The van der Waals surface area contributed by atoms with Gasteiger partial charge in [0.2, 0.25) is 0 Å². The molecule has 1 saturated heterocycles. The Balaban J connectivity index is 1.67. The molecule has 2 rings (SSSR count). The molecule has 16 heavy (non-hydrogen) atoms. The largest absolute Gasteiger partial charge is 0.381 e. The van der Waals surface area contributed by atoms with E-state index in [1.54, 1.807) is 11.3 Å². The molecule has 0 radical (unpaired) electrons. The Hall–Kier alpha value is -0.450. The molecule has 3 nitrogen and oxygen atoms in total. The Kier molecular flexibility index (Phi) is 4.32. The highest BCUT2D eigenvalue weighted by Gasteiger charge is 2.21. The van der Waals surface area contributed by atoms with Gasteiger partial charge < -0.3 is 10.1 Å². The lowest BCUT2D eigenvalue weighted by molar-refractivity contribution is 0.178. The number of hydrogen-bond acceptors (Lipinski definition) is 4. The van der Waals surface area contributed by atoms with E-state index in [1.807, 2.05) is 0 Å². The zero-order valence-corrected chi connectivity index (χ0v) is 10.8. The summed E-state index contributed by atoms with van der Waals surface area (Å²) in [5.74, 6) is 0.692. The van der Waals surface area contributed by atoms with Gasteiger partial charge in [0.1, 0.15) is 0 Å². The quantitative estimate of drug-likeness (QED) is 0.855. The van der Waals surface area contributed by atoms with Gasteiger partial charge in [-0.15, -0.1) is 11.3 Å². The van der Waals surface area contributed by atoms with E-state index in [2.05, 4.69) is 29.5 Å². The fraction of sp³-hybridized carbons (Fsp3) is 0.750. The molecule has 1 aliphatic heterocycles. The Morgan fingerprint density at radius 2 is 2.56 bits per heavy atom. The second-order valence-electron chi connectivity index (χ2n) is 4.47. The van der Waals surface area contributed by atoms with E-state index in [1.165, 1.54) is 12.1 Å². The van der Waals surface area contributed by atoms with Crippen LogP contribution in [0.2, 0.25) is 0 Å². The van der Waals surface area contributed by atoms with E-state index in [-0.39, 0.29) is 0 Å². The summed E-state index contributed by atoms with van der Waals surface area (Å²) in [5, 5.41) is 6.88. The molecule has 1 aromatic rings. The minimum atomic E-state index is 0.558. The highest BCUT2D eigenvalue weighted by Crippen LogP contribution is 2.16. The summed E-state index contributed by atoms with van der Waals surface area (Å²) in [7, 11) is 0. The van der Waals surface area contributed by atoms with E-state index >= 15 is 0 Å². The van der Waals surface area contributed by atoms with Crippen LogP contribution in [-0.4, -0.2) is 30.8 Å². The van der Waals surface area contributed by atoms with Gasteiger partial charge in [0.15, 0.2) is 0 Å². The van der Waals surface area contributed by atoms with E-state index in [0.717, 1.165) is 31.2 Å². The van der Waals surface area contributed by atoms with Crippen LogP contribution in [-0.2, 0) is 11.2 Å². The van der Waals surface area contributed by atoms with E-state index in [9.17, 15) is 0 Å². The third kappa shape index (κ3) is 3.27. The van der Waals surface area contributed by atoms with Gasteiger partial charge in [-0.1, -0.05) is 0 Å². The summed E-state index contributed by atoms with van der Waals surface area (Å²) in [6.07, 6.45) is 2.23. The van der Waals surface area contributed by atoms with Gasteiger partial charge in [-0.3, -0.25) is 0 Å². The van der Waals surface area contributed by atoms with Crippen molar-refractivity contribution in [2.75, 3.05) is 19.8 Å². The standard InChI is InChI=1S/C12H20N2OS/c1-9(11-4-6-15-7-11)13-5-3-12-8-16-10(2)14-12/h8-9,11,13H,3-7H2,1-2H3. The molecule has 0 aromatic carbocycles. The Bertz CT molecular complexity index is 321. The summed E-state index contributed by atoms with van der Waals surface area (Å²) in [6.45, 7) is 7.18. The molecular formula is C12H20N2OS. The molecule has 1 N–H and O–H groups in total. The van der Waals surface area contributed by atoms with Crippen molar-refractivity contribution in [1.82, 2.24) is 10.3 Å². The second-order valence-corrected chi connectivity index (χ2v) is 5.54. The maximum Gasteiger partial charge on any atom is 0.0897 e. The number of nitrogens with zero attached hydrogens (tertiary/aromatic N) is 1. The van der Waals surface area contributed by atoms with Crippen LogP contribution < -0.4 is 5.32 Å². The van der Waals surface area contributed by atoms with Crippen LogP contribution in [0, 0.1) is 12.8 Å². The van der Waals surface area contributed by atoms with Crippen molar-refractivity contribution in [1.29, 1.82) is 0 Å². The first kappa shape index (κ1) is 12.0. The van der Waals surface area contributed by atoms with Gasteiger partial charge >= 0.3 is 0 Å². The van der Waals surface area contributed by atoms with Crippen molar-refractivity contribution >= 4 is 11.3 Å². The van der Waals surface area contributed by atoms with Crippen LogP contribution in [0.5, 0.6) is 0 Å². The maximum atomic E-state index is 5.40. The Morgan fingerprint density at radius 1 is 1.69 bits per heavy atom. The Labute approximate surface area is 101 Å². The second kappa shape index (κ2) is 5.75. The maximum absolute atomic E-state index is 5.40. The highest BCUT2D eigenvalue weighted by atomic mass is 32.1. The monoisotopic (exact) mass is 240 g/mol. The molecule has 2 atom stereocenters. The average Bonchev–Trinajstić information content (AvgIpc) is 2.89. The molecule has 4 heteroatoms. The molecule has 0 amide bonds. The lowest BCUT2D eigenvalue weighted by Gasteiger charge is -2.18. The number of hydrogen-bond donors (Lipinski definition) is 1. The lowest BCUT2D eigenvalue weighted by atomic mass is 10.0. The number of rotatable bonds is 5. The average molecular weight is 240 g/mol. The lowest BCUT2D eigenvalue weighted by Crippen LogP contribution is -2.35. The predicted octanol–water partition coefficient (Wildman–Crippen LogP) is 2.01. The molecule has 0 saturated carbocycles. The number of aromatic nitrogens is 1. The van der Waals surface area contributed by atoms with Crippen molar-refractivity contribution in [2.24, 2.45) is 5.92 Å². The van der Waals surface area contributed by atoms with Gasteiger partial charge in [-0.25, -0.2) is 4.98 Å². The molecule has 1 aromatic heterocycles. The van der Waals surface area contributed by atoms with Crippen molar-refractivity contribution in [3.8, 4) is 0 Å². The number of ether oxygens (including phenoxy) is 1. The summed E-state index contributed by atoms with van der Waals surface area (Å²) < 4.78 is 5.40. The summed E-state index contributed by atoms with van der Waals surface area (Å²) in [5.41, 5.74) is 1.21. The molecule has 90 valence electrons.